The molecule has 0 saturated heterocycles. The first-order valence-corrected chi connectivity index (χ1v) is 5.34. The van der Waals surface area contributed by atoms with Crippen LogP contribution in [0.3, 0.4) is 0 Å². The number of nitrogens with two attached hydrogens (primary N) is 2. The van der Waals surface area contributed by atoms with E-state index >= 15 is 0 Å². The van der Waals surface area contributed by atoms with Gasteiger partial charge in [-0.25, -0.2) is 0 Å². The van der Waals surface area contributed by atoms with Crippen LogP contribution in [0.15, 0.2) is 12.1 Å². The predicted octanol–water partition coefficient (Wildman–Crippen LogP) is 2.69. The van der Waals surface area contributed by atoms with Gasteiger partial charge >= 0.3 is 12.4 Å². The maximum atomic E-state index is 12.9. The molecule has 0 unspecified atom stereocenters. The Morgan fingerprint density at radius 2 is 1.65 bits per heavy atom. The molecule has 0 bridgehead atoms. The SMILES string of the molecule is COc1cc(C(F)(F)F)cc(C(F)(F)F)c1[C@@H](N)CN. The Morgan fingerprint density at radius 1 is 1.10 bits per heavy atom. The molecule has 0 spiro atoms. The summed E-state index contributed by atoms with van der Waals surface area (Å²) in [6.07, 6.45) is -9.94. The second-order valence-electron chi connectivity index (χ2n) is 3.98. The van der Waals surface area contributed by atoms with Crippen molar-refractivity contribution >= 4 is 0 Å². The zero-order chi connectivity index (χ0) is 15.7. The van der Waals surface area contributed by atoms with Crippen LogP contribution >= 0.6 is 0 Å². The summed E-state index contributed by atoms with van der Waals surface area (Å²) >= 11 is 0. The molecular formula is C11H12F6N2O. The van der Waals surface area contributed by atoms with Gasteiger partial charge in [-0.2, -0.15) is 26.3 Å². The minimum Gasteiger partial charge on any atom is -0.496 e. The highest BCUT2D eigenvalue weighted by molar-refractivity contribution is 5.48. The van der Waals surface area contributed by atoms with E-state index in [0.717, 1.165) is 7.11 Å². The van der Waals surface area contributed by atoms with Gasteiger partial charge in [0, 0.05) is 18.2 Å². The smallest absolute Gasteiger partial charge is 0.416 e. The first kappa shape index (κ1) is 16.6. The summed E-state index contributed by atoms with van der Waals surface area (Å²) in [7, 11) is 0.961. The largest absolute Gasteiger partial charge is 0.496 e. The van der Waals surface area contributed by atoms with E-state index < -0.39 is 40.8 Å². The molecule has 0 aliphatic heterocycles. The molecule has 9 heteroatoms. The maximum Gasteiger partial charge on any atom is 0.416 e. The van der Waals surface area contributed by atoms with Crippen molar-refractivity contribution in [2.24, 2.45) is 11.5 Å². The molecule has 3 nitrogen and oxygen atoms in total. The molecule has 0 aliphatic rings. The second-order valence-corrected chi connectivity index (χ2v) is 3.98. The van der Waals surface area contributed by atoms with Gasteiger partial charge < -0.3 is 16.2 Å². The van der Waals surface area contributed by atoms with Gasteiger partial charge in [0.25, 0.3) is 0 Å². The number of rotatable bonds is 3. The third-order valence-electron chi connectivity index (χ3n) is 2.62. The van der Waals surface area contributed by atoms with Crippen LogP contribution in [0.25, 0.3) is 0 Å². The van der Waals surface area contributed by atoms with Crippen molar-refractivity contribution in [1.29, 1.82) is 0 Å². The van der Waals surface area contributed by atoms with Gasteiger partial charge in [-0.3, -0.25) is 0 Å². The summed E-state index contributed by atoms with van der Waals surface area (Å²) < 4.78 is 81.2. The minimum absolute atomic E-state index is 0.00731. The fourth-order valence-electron chi connectivity index (χ4n) is 1.69. The standard InChI is InChI=1S/C11H12F6N2O/c1-20-8-3-5(10(12,13)14)2-6(11(15,16)17)9(8)7(19)4-18/h2-3,7H,4,18-19H2,1H3/t7-/m0/s1. The molecular weight excluding hydrogens is 290 g/mol. The Balaban J connectivity index is 3.65. The van der Waals surface area contributed by atoms with Crippen molar-refractivity contribution in [2.45, 2.75) is 18.4 Å². The van der Waals surface area contributed by atoms with Gasteiger partial charge in [0.05, 0.1) is 18.2 Å². The Hall–Kier alpha value is -1.48. The molecule has 1 aromatic rings. The van der Waals surface area contributed by atoms with Gasteiger partial charge in [0.2, 0.25) is 0 Å². The fourth-order valence-corrected chi connectivity index (χ4v) is 1.69. The summed E-state index contributed by atoms with van der Waals surface area (Å²) in [6.45, 7) is -0.370. The lowest BCUT2D eigenvalue weighted by Crippen LogP contribution is -2.26. The summed E-state index contributed by atoms with van der Waals surface area (Å²) in [5.74, 6) is -0.592. The molecule has 1 atom stereocenters. The second kappa shape index (κ2) is 5.49. The van der Waals surface area contributed by atoms with Gasteiger partial charge in [0.15, 0.2) is 0 Å². The van der Waals surface area contributed by atoms with Crippen molar-refractivity contribution < 1.29 is 31.1 Å². The number of benzene rings is 1. The van der Waals surface area contributed by atoms with E-state index in [2.05, 4.69) is 4.74 Å². The van der Waals surface area contributed by atoms with Crippen LogP contribution in [0.5, 0.6) is 5.75 Å². The van der Waals surface area contributed by atoms with E-state index in [1.807, 2.05) is 0 Å². The first-order valence-electron chi connectivity index (χ1n) is 5.34. The van der Waals surface area contributed by atoms with E-state index in [-0.39, 0.29) is 12.6 Å². The maximum absolute atomic E-state index is 12.9. The van der Waals surface area contributed by atoms with Crippen LogP contribution in [0.1, 0.15) is 22.7 Å². The zero-order valence-electron chi connectivity index (χ0n) is 10.3. The van der Waals surface area contributed by atoms with E-state index in [1.165, 1.54) is 0 Å². The van der Waals surface area contributed by atoms with Gasteiger partial charge in [-0.1, -0.05) is 0 Å². The van der Waals surface area contributed by atoms with E-state index in [0.29, 0.717) is 6.07 Å². The molecule has 0 fully saturated rings. The van der Waals surface area contributed by atoms with Crippen LogP contribution in [-0.4, -0.2) is 13.7 Å². The lowest BCUT2D eigenvalue weighted by Gasteiger charge is -2.22. The van der Waals surface area contributed by atoms with Crippen LogP contribution in [0.4, 0.5) is 26.3 Å². The fraction of sp³-hybridized carbons (Fsp3) is 0.455. The Bertz CT molecular complexity index is 483. The predicted molar refractivity (Wildman–Crippen MR) is 59.0 cm³/mol. The molecule has 0 radical (unpaired) electrons. The normalized spacial score (nSPS) is 14.2. The van der Waals surface area contributed by atoms with Crippen molar-refractivity contribution in [1.82, 2.24) is 0 Å². The van der Waals surface area contributed by atoms with Crippen molar-refractivity contribution in [3.05, 3.63) is 28.8 Å². The average Bonchev–Trinajstić information content (AvgIpc) is 2.33. The molecule has 0 aromatic heterocycles. The molecule has 4 N–H and O–H groups in total. The topological polar surface area (TPSA) is 61.3 Å². The third-order valence-corrected chi connectivity index (χ3v) is 2.62. The molecule has 1 rings (SSSR count). The quantitative estimate of drug-likeness (QED) is 0.844. The lowest BCUT2D eigenvalue weighted by atomic mass is 9.96. The number of hydrogen-bond acceptors (Lipinski definition) is 3. The van der Waals surface area contributed by atoms with Crippen molar-refractivity contribution in [3.8, 4) is 5.75 Å². The number of alkyl halides is 6. The van der Waals surface area contributed by atoms with E-state index in [1.54, 1.807) is 0 Å². The highest BCUT2D eigenvalue weighted by Crippen LogP contribution is 2.43. The summed E-state index contributed by atoms with van der Waals surface area (Å²) in [4.78, 5) is 0. The van der Waals surface area contributed by atoms with Gasteiger partial charge in [-0.05, 0) is 12.1 Å². The number of methoxy groups -OCH3 is 1. The van der Waals surface area contributed by atoms with Crippen LogP contribution in [0, 0.1) is 0 Å². The Kier molecular flexibility index (Phi) is 4.55. The highest BCUT2D eigenvalue weighted by atomic mass is 19.4. The molecule has 0 aliphatic carbocycles. The van der Waals surface area contributed by atoms with E-state index in [9.17, 15) is 26.3 Å². The lowest BCUT2D eigenvalue weighted by molar-refractivity contribution is -0.143. The molecule has 0 saturated carbocycles. The molecule has 1 aromatic carbocycles. The zero-order valence-corrected chi connectivity index (χ0v) is 10.3. The minimum atomic E-state index is -5.00. The van der Waals surface area contributed by atoms with Crippen LogP contribution in [0.2, 0.25) is 0 Å². The number of halogens is 6. The molecule has 0 amide bonds. The Labute approximate surface area is 110 Å². The van der Waals surface area contributed by atoms with Gasteiger partial charge in [-0.15, -0.1) is 0 Å². The average molecular weight is 302 g/mol. The van der Waals surface area contributed by atoms with Crippen LogP contribution < -0.4 is 16.2 Å². The molecule has 0 heterocycles. The highest BCUT2D eigenvalue weighted by Gasteiger charge is 2.40. The number of hydrogen-bond donors (Lipinski definition) is 2. The first-order chi connectivity index (χ1) is 9.02. The van der Waals surface area contributed by atoms with Crippen molar-refractivity contribution in [2.75, 3.05) is 13.7 Å². The monoisotopic (exact) mass is 302 g/mol. The Morgan fingerprint density at radius 3 is 2.00 bits per heavy atom. The summed E-state index contributed by atoms with van der Waals surface area (Å²) in [5, 5.41) is 0. The molecule has 114 valence electrons. The molecule has 20 heavy (non-hydrogen) atoms. The summed E-state index contributed by atoms with van der Waals surface area (Å²) in [6, 6.07) is -0.808. The third kappa shape index (κ3) is 3.34. The van der Waals surface area contributed by atoms with Gasteiger partial charge in [0.1, 0.15) is 5.75 Å². The summed E-state index contributed by atoms with van der Waals surface area (Å²) in [5.41, 5.74) is 7.09. The van der Waals surface area contributed by atoms with Crippen LogP contribution in [-0.2, 0) is 12.4 Å². The van der Waals surface area contributed by atoms with Crippen molar-refractivity contribution in [3.63, 3.8) is 0 Å². The van der Waals surface area contributed by atoms with E-state index in [4.69, 9.17) is 11.5 Å². The number of ether oxygens (including phenoxy) is 1.